The van der Waals surface area contributed by atoms with Gasteiger partial charge in [-0.15, -0.1) is 0 Å². The average Bonchev–Trinajstić information content (AvgIpc) is 2.60. The number of rotatable bonds is 14. The normalized spacial score (nSPS) is 15.5. The minimum atomic E-state index is -0.775. The quantitative estimate of drug-likeness (QED) is 0.306. The summed E-state index contributed by atoms with van der Waals surface area (Å²) < 4.78 is 0. The first-order valence-corrected chi connectivity index (χ1v) is 9.42. The first kappa shape index (κ1) is 23.9. The van der Waals surface area contributed by atoms with Gasteiger partial charge in [-0.3, -0.25) is 4.79 Å². The molecule has 0 spiro atoms. The summed E-state index contributed by atoms with van der Waals surface area (Å²) >= 11 is 0. The molecule has 0 aliphatic heterocycles. The molecule has 0 aromatic heterocycles. The Morgan fingerprint density at radius 3 is 2.23 bits per heavy atom. The first-order chi connectivity index (χ1) is 12.6. The van der Waals surface area contributed by atoms with E-state index < -0.39 is 12.1 Å². The van der Waals surface area contributed by atoms with Crippen LogP contribution in [0.25, 0.3) is 0 Å². The second kappa shape index (κ2) is 17.7. The maximum absolute atomic E-state index is 10.3. The lowest BCUT2D eigenvalue weighted by atomic mass is 10.1. The van der Waals surface area contributed by atoms with Crippen LogP contribution in [-0.4, -0.2) is 22.3 Å². The third kappa shape index (κ3) is 18.2. The molecule has 3 heteroatoms. The molecule has 0 fully saturated rings. The van der Waals surface area contributed by atoms with Crippen molar-refractivity contribution in [2.24, 2.45) is 5.92 Å². The van der Waals surface area contributed by atoms with Gasteiger partial charge >= 0.3 is 5.97 Å². The third-order valence-corrected chi connectivity index (χ3v) is 3.52. The summed E-state index contributed by atoms with van der Waals surface area (Å²) in [6.07, 6.45) is 27.6. The van der Waals surface area contributed by atoms with Crippen LogP contribution in [-0.2, 0) is 4.79 Å². The molecule has 2 N–H and O–H groups in total. The lowest BCUT2D eigenvalue weighted by Crippen LogP contribution is -1.98. The third-order valence-electron chi connectivity index (χ3n) is 3.52. The highest BCUT2D eigenvalue weighted by Crippen LogP contribution is 2.05. The number of carbonyl (C=O) groups is 1. The zero-order valence-electron chi connectivity index (χ0n) is 16.1. The Hall–Kier alpha value is -2.13. The molecule has 0 aliphatic carbocycles. The standard InChI is InChI=1S/C23H34O3/c1-3-4-11-16-21(2)17-12-9-10-14-19-22(24)18-13-7-5-6-8-15-20-23(25)26/h4,6-14,17,19,21-22,24H,3,5,15-16,18,20H2,1-2H3,(H,25,26)/b8-6-,10-9+,11-4-,13-7-,17-12-,19-14+. The average molecular weight is 359 g/mol. The molecule has 3 nitrogen and oxygen atoms in total. The van der Waals surface area contributed by atoms with Gasteiger partial charge in [0.25, 0.3) is 0 Å². The summed E-state index contributed by atoms with van der Waals surface area (Å²) in [5, 5.41) is 18.3. The molecular weight excluding hydrogens is 324 g/mol. The van der Waals surface area contributed by atoms with Crippen LogP contribution in [0.3, 0.4) is 0 Å². The fourth-order valence-corrected chi connectivity index (χ4v) is 2.04. The molecule has 0 aliphatic rings. The van der Waals surface area contributed by atoms with Gasteiger partial charge in [0.15, 0.2) is 0 Å². The summed E-state index contributed by atoms with van der Waals surface area (Å²) in [6, 6.07) is 0. The second-order valence-electron chi connectivity index (χ2n) is 6.16. The molecule has 0 saturated heterocycles. The van der Waals surface area contributed by atoms with Gasteiger partial charge in [-0.25, -0.2) is 0 Å². The zero-order chi connectivity index (χ0) is 19.5. The molecule has 0 saturated carbocycles. The summed E-state index contributed by atoms with van der Waals surface area (Å²) in [7, 11) is 0. The smallest absolute Gasteiger partial charge is 0.303 e. The predicted octanol–water partition coefficient (Wildman–Crippen LogP) is 5.77. The van der Waals surface area contributed by atoms with E-state index in [2.05, 4.69) is 32.1 Å². The van der Waals surface area contributed by atoms with Crippen molar-refractivity contribution in [3.63, 3.8) is 0 Å². The van der Waals surface area contributed by atoms with E-state index in [4.69, 9.17) is 5.11 Å². The van der Waals surface area contributed by atoms with Gasteiger partial charge in [0, 0.05) is 6.42 Å². The SMILES string of the molecule is CC/C=C\CC(C)\C=C/C=C/C=C/C(O)C/C=C\C/C=C\CCC(=O)O. The van der Waals surface area contributed by atoms with Crippen molar-refractivity contribution in [3.05, 3.63) is 72.9 Å². The van der Waals surface area contributed by atoms with Gasteiger partial charge in [0.1, 0.15) is 0 Å². The Bertz CT molecular complexity index is 522. The van der Waals surface area contributed by atoms with Crippen LogP contribution < -0.4 is 0 Å². The van der Waals surface area contributed by atoms with Crippen molar-refractivity contribution < 1.29 is 15.0 Å². The van der Waals surface area contributed by atoms with Gasteiger partial charge in [-0.1, -0.05) is 86.8 Å². The van der Waals surface area contributed by atoms with Crippen LogP contribution in [0.4, 0.5) is 0 Å². The molecule has 0 heterocycles. The molecule has 0 amide bonds. The lowest BCUT2D eigenvalue weighted by Gasteiger charge is -1.99. The van der Waals surface area contributed by atoms with Crippen LogP contribution in [0.1, 0.15) is 52.4 Å². The van der Waals surface area contributed by atoms with Crippen LogP contribution in [0.2, 0.25) is 0 Å². The number of allylic oxidation sites excluding steroid dienone is 10. The highest BCUT2D eigenvalue weighted by Gasteiger charge is 1.93. The van der Waals surface area contributed by atoms with E-state index in [9.17, 15) is 9.90 Å². The molecule has 26 heavy (non-hydrogen) atoms. The fourth-order valence-electron chi connectivity index (χ4n) is 2.04. The first-order valence-electron chi connectivity index (χ1n) is 9.42. The zero-order valence-corrected chi connectivity index (χ0v) is 16.1. The van der Waals surface area contributed by atoms with E-state index >= 15 is 0 Å². The van der Waals surface area contributed by atoms with Crippen molar-refractivity contribution in [2.75, 3.05) is 0 Å². The van der Waals surface area contributed by atoms with Crippen molar-refractivity contribution in [1.82, 2.24) is 0 Å². The molecule has 0 aromatic rings. The fraction of sp³-hybridized carbons (Fsp3) is 0.435. The topological polar surface area (TPSA) is 57.5 Å². The van der Waals surface area contributed by atoms with Crippen molar-refractivity contribution >= 4 is 5.97 Å². The maximum atomic E-state index is 10.3. The van der Waals surface area contributed by atoms with E-state index in [0.717, 1.165) is 19.3 Å². The van der Waals surface area contributed by atoms with Crippen LogP contribution in [0.5, 0.6) is 0 Å². The van der Waals surface area contributed by atoms with Gasteiger partial charge < -0.3 is 10.2 Å². The second-order valence-corrected chi connectivity index (χ2v) is 6.16. The van der Waals surface area contributed by atoms with Gasteiger partial charge in [-0.05, 0) is 38.0 Å². The van der Waals surface area contributed by atoms with E-state index in [0.29, 0.717) is 18.8 Å². The lowest BCUT2D eigenvalue weighted by molar-refractivity contribution is -0.136. The predicted molar refractivity (Wildman–Crippen MR) is 111 cm³/mol. The van der Waals surface area contributed by atoms with Crippen LogP contribution in [0.15, 0.2) is 72.9 Å². The van der Waals surface area contributed by atoms with Gasteiger partial charge in [-0.2, -0.15) is 0 Å². The van der Waals surface area contributed by atoms with E-state index in [1.54, 1.807) is 6.08 Å². The Balaban J connectivity index is 3.87. The van der Waals surface area contributed by atoms with E-state index in [-0.39, 0.29) is 6.42 Å². The minimum Gasteiger partial charge on any atom is -0.481 e. The van der Waals surface area contributed by atoms with E-state index in [1.165, 1.54) is 0 Å². The maximum Gasteiger partial charge on any atom is 0.303 e. The summed E-state index contributed by atoms with van der Waals surface area (Å²) in [5.74, 6) is -0.247. The summed E-state index contributed by atoms with van der Waals surface area (Å²) in [6.45, 7) is 4.33. The largest absolute Gasteiger partial charge is 0.481 e. The molecule has 144 valence electrons. The van der Waals surface area contributed by atoms with Gasteiger partial charge in [0.2, 0.25) is 0 Å². The van der Waals surface area contributed by atoms with Crippen molar-refractivity contribution in [3.8, 4) is 0 Å². The number of aliphatic carboxylic acids is 1. The van der Waals surface area contributed by atoms with Gasteiger partial charge in [0.05, 0.1) is 6.10 Å². The Morgan fingerprint density at radius 2 is 1.54 bits per heavy atom. The number of hydrogen-bond donors (Lipinski definition) is 2. The summed E-state index contributed by atoms with van der Waals surface area (Å²) in [4.78, 5) is 10.3. The number of aliphatic hydroxyl groups excluding tert-OH is 1. The molecular formula is C23H34O3. The Kier molecular flexibility index (Phi) is 16.2. The summed E-state index contributed by atoms with van der Waals surface area (Å²) in [5.41, 5.74) is 0. The van der Waals surface area contributed by atoms with Crippen LogP contribution in [0, 0.1) is 5.92 Å². The number of carboxylic acids is 1. The highest BCUT2D eigenvalue weighted by atomic mass is 16.4. The highest BCUT2D eigenvalue weighted by molar-refractivity contribution is 5.66. The number of hydrogen-bond acceptors (Lipinski definition) is 2. The molecule has 2 unspecified atom stereocenters. The van der Waals surface area contributed by atoms with E-state index in [1.807, 2.05) is 48.6 Å². The Labute approximate surface area is 158 Å². The van der Waals surface area contributed by atoms with Crippen LogP contribution >= 0.6 is 0 Å². The molecule has 0 bridgehead atoms. The Morgan fingerprint density at radius 1 is 0.885 bits per heavy atom. The molecule has 2 atom stereocenters. The number of carboxylic acid groups (broad SMARTS) is 1. The molecule has 0 radical (unpaired) electrons. The molecule has 0 rings (SSSR count). The molecule has 0 aromatic carbocycles. The minimum absolute atomic E-state index is 0.168. The van der Waals surface area contributed by atoms with Crippen molar-refractivity contribution in [2.45, 2.75) is 58.5 Å². The number of aliphatic hydroxyl groups is 1. The van der Waals surface area contributed by atoms with Crippen molar-refractivity contribution in [1.29, 1.82) is 0 Å². The monoisotopic (exact) mass is 358 g/mol.